The van der Waals surface area contributed by atoms with Crippen LogP contribution in [0.2, 0.25) is 0 Å². The van der Waals surface area contributed by atoms with Gasteiger partial charge in [0.25, 0.3) is 0 Å². The van der Waals surface area contributed by atoms with Crippen LogP contribution in [0.1, 0.15) is 33.4 Å². The van der Waals surface area contributed by atoms with Crippen LogP contribution in [0.5, 0.6) is 0 Å². The maximum Gasteiger partial charge on any atom is 0.0456 e. The van der Waals surface area contributed by atoms with Crippen LogP contribution >= 0.6 is 0 Å². The highest BCUT2D eigenvalue weighted by Crippen LogP contribution is 2.36. The Hall–Kier alpha value is -7.16. The minimum atomic E-state index is 1.09. The Labute approximate surface area is 331 Å². The Morgan fingerprint density at radius 2 is 0.518 bits per heavy atom. The lowest BCUT2D eigenvalue weighted by Crippen LogP contribution is -2.10. The highest BCUT2D eigenvalue weighted by molar-refractivity contribution is 5.86. The van der Waals surface area contributed by atoms with E-state index in [0.29, 0.717) is 0 Å². The quantitative estimate of drug-likeness (QED) is 0.131. The summed E-state index contributed by atoms with van der Waals surface area (Å²) in [5.74, 6) is 0. The molecule has 270 valence electrons. The third-order valence-corrected chi connectivity index (χ3v) is 10.1. The van der Waals surface area contributed by atoms with Crippen LogP contribution in [0.4, 0.5) is 22.7 Å². The number of hydrogen-bond donors (Lipinski definition) is 0. The van der Waals surface area contributed by atoms with E-state index in [1.165, 1.54) is 33.4 Å². The van der Waals surface area contributed by atoms with Crippen molar-refractivity contribution in [1.82, 2.24) is 0 Å². The third kappa shape index (κ3) is 8.31. The second-order valence-corrected chi connectivity index (χ2v) is 14.1. The molecule has 0 amide bonds. The molecule has 0 radical (unpaired) electrons. The van der Waals surface area contributed by atoms with E-state index in [0.717, 1.165) is 45.0 Å². The van der Waals surface area contributed by atoms with Gasteiger partial charge in [-0.1, -0.05) is 181 Å². The normalized spacial score (nSPS) is 10.7. The lowest BCUT2D eigenvalue weighted by atomic mass is 9.98. The number of hydrogen-bond acceptors (Lipinski definition) is 2. The highest BCUT2D eigenvalue weighted by Gasteiger charge is 2.15. The second kappa shape index (κ2) is 16.9. The van der Waals surface area contributed by atoms with E-state index in [9.17, 15) is 0 Å². The molecule has 0 heterocycles. The predicted octanol–water partition coefficient (Wildman–Crippen LogP) is 14.4. The first kappa shape index (κ1) is 35.8. The molecule has 0 aliphatic rings. The second-order valence-electron chi connectivity index (χ2n) is 14.1. The predicted molar refractivity (Wildman–Crippen MR) is 238 cm³/mol. The van der Waals surface area contributed by atoms with Crippen LogP contribution in [0.25, 0.3) is 22.3 Å². The van der Waals surface area contributed by atoms with Crippen LogP contribution in [0.3, 0.4) is 0 Å². The van der Waals surface area contributed by atoms with E-state index >= 15 is 0 Å². The number of benzene rings is 8. The van der Waals surface area contributed by atoms with Crippen molar-refractivity contribution in [2.45, 2.75) is 13.8 Å². The van der Waals surface area contributed by atoms with Gasteiger partial charge in [0.05, 0.1) is 0 Å². The van der Waals surface area contributed by atoms with Gasteiger partial charge in [-0.25, -0.2) is 0 Å². The first-order valence-electron chi connectivity index (χ1n) is 19.2. The number of rotatable bonds is 11. The van der Waals surface area contributed by atoms with Crippen LogP contribution in [-0.4, -0.2) is 0 Å². The van der Waals surface area contributed by atoms with E-state index in [1.54, 1.807) is 0 Å². The molecule has 8 aromatic carbocycles. The molecular weight excluding hydrogens is 677 g/mol. The van der Waals surface area contributed by atoms with Crippen molar-refractivity contribution in [1.29, 1.82) is 0 Å². The number of anilines is 4. The molecular formula is C54H44N2. The van der Waals surface area contributed by atoms with Crippen molar-refractivity contribution in [2.75, 3.05) is 9.80 Å². The fraction of sp³-hybridized carbons (Fsp3) is 0.0370. The van der Waals surface area contributed by atoms with E-state index < -0.39 is 0 Å². The average Bonchev–Trinajstić information content (AvgIpc) is 3.27. The molecule has 0 aliphatic carbocycles. The van der Waals surface area contributed by atoms with Gasteiger partial charge < -0.3 is 9.80 Å². The molecule has 2 heteroatoms. The summed E-state index contributed by atoms with van der Waals surface area (Å²) in [6.45, 7) is 4.26. The topological polar surface area (TPSA) is 6.48 Å². The van der Waals surface area contributed by atoms with Crippen LogP contribution in [0, 0.1) is 13.8 Å². The summed E-state index contributed by atoms with van der Waals surface area (Å²) in [5, 5.41) is 0. The van der Waals surface area contributed by atoms with Gasteiger partial charge in [-0.15, -0.1) is 0 Å². The summed E-state index contributed by atoms with van der Waals surface area (Å²) < 4.78 is 0. The van der Waals surface area contributed by atoms with Gasteiger partial charge in [0.1, 0.15) is 0 Å². The zero-order valence-electron chi connectivity index (χ0n) is 31.8. The van der Waals surface area contributed by atoms with Crippen molar-refractivity contribution < 1.29 is 0 Å². The van der Waals surface area contributed by atoms with E-state index in [4.69, 9.17) is 0 Å². The van der Waals surface area contributed by atoms with Crippen LogP contribution in [0.15, 0.2) is 231 Å². The van der Waals surface area contributed by atoms with Crippen molar-refractivity contribution in [3.63, 3.8) is 0 Å². The highest BCUT2D eigenvalue weighted by atomic mass is 15.1. The molecule has 2 nitrogen and oxygen atoms in total. The molecule has 0 unspecified atom stereocenters. The van der Waals surface area contributed by atoms with Crippen molar-refractivity contribution in [3.05, 3.63) is 264 Å². The van der Waals surface area contributed by atoms with Gasteiger partial charge in [-0.05, 0) is 95.8 Å². The van der Waals surface area contributed by atoms with Gasteiger partial charge >= 0.3 is 0 Å². The standard InChI is InChI=1S/C54H44N2/c1-41-23-31-49(32-24-41)55(39-53(45-15-7-3-8-16-45)46-17-9-4-10-18-46)51-35-27-43(28-36-51)44-29-37-52(38-30-44)56(50-33-25-42(2)26-34-50)40-54(47-19-11-5-12-20-47)48-21-13-6-14-22-48/h3-40H,1-2H3. The Morgan fingerprint density at radius 3 is 0.768 bits per heavy atom. The Morgan fingerprint density at radius 1 is 0.286 bits per heavy atom. The SMILES string of the molecule is Cc1ccc(N(C=C(c2ccccc2)c2ccccc2)c2ccc(-c3ccc(N(C=C(c4ccccc4)c4ccccc4)c4ccc(C)cc4)cc3)cc2)cc1. The zero-order valence-corrected chi connectivity index (χ0v) is 31.8. The molecule has 0 saturated carbocycles. The van der Waals surface area contributed by atoms with E-state index in [-0.39, 0.29) is 0 Å². The lowest BCUT2D eigenvalue weighted by Gasteiger charge is -2.24. The van der Waals surface area contributed by atoms with Crippen LogP contribution < -0.4 is 9.80 Å². The van der Waals surface area contributed by atoms with Crippen molar-refractivity contribution in [3.8, 4) is 11.1 Å². The van der Waals surface area contributed by atoms with Gasteiger partial charge in [0.15, 0.2) is 0 Å². The van der Waals surface area contributed by atoms with Gasteiger partial charge in [-0.3, -0.25) is 0 Å². The molecule has 0 saturated heterocycles. The first-order chi connectivity index (χ1) is 27.6. The van der Waals surface area contributed by atoms with Gasteiger partial charge in [-0.2, -0.15) is 0 Å². The molecule has 0 bridgehead atoms. The molecule has 8 aromatic rings. The lowest BCUT2D eigenvalue weighted by molar-refractivity contribution is 1.27. The minimum absolute atomic E-state index is 1.09. The van der Waals surface area contributed by atoms with Crippen molar-refractivity contribution >= 4 is 33.9 Å². The fourth-order valence-electron chi connectivity index (χ4n) is 7.00. The van der Waals surface area contributed by atoms with Crippen molar-refractivity contribution in [2.24, 2.45) is 0 Å². The Bertz CT molecular complexity index is 2250. The largest absolute Gasteiger partial charge is 0.317 e. The summed E-state index contributed by atoms with van der Waals surface area (Å²) in [5.41, 5.74) is 16.1. The average molecular weight is 721 g/mol. The first-order valence-corrected chi connectivity index (χ1v) is 19.2. The smallest absolute Gasteiger partial charge is 0.0456 e. The summed E-state index contributed by atoms with van der Waals surface area (Å²) in [7, 11) is 0. The van der Waals surface area contributed by atoms with E-state index in [2.05, 4.69) is 254 Å². The molecule has 0 aromatic heterocycles. The third-order valence-electron chi connectivity index (χ3n) is 10.1. The Kier molecular flexibility index (Phi) is 10.8. The van der Waals surface area contributed by atoms with Gasteiger partial charge in [0, 0.05) is 46.3 Å². The number of aryl methyl sites for hydroxylation is 2. The molecule has 56 heavy (non-hydrogen) atoms. The summed E-state index contributed by atoms with van der Waals surface area (Å²) in [6, 6.07) is 77.8. The van der Waals surface area contributed by atoms with Gasteiger partial charge in [0.2, 0.25) is 0 Å². The summed E-state index contributed by atoms with van der Waals surface area (Å²) in [6.07, 6.45) is 4.54. The molecule has 8 rings (SSSR count). The summed E-state index contributed by atoms with van der Waals surface area (Å²) in [4.78, 5) is 4.59. The monoisotopic (exact) mass is 720 g/mol. The Balaban J connectivity index is 1.16. The molecule has 0 spiro atoms. The molecule has 0 atom stereocenters. The maximum absolute atomic E-state index is 2.30. The maximum atomic E-state index is 2.30. The molecule has 0 fully saturated rings. The minimum Gasteiger partial charge on any atom is -0.317 e. The molecule has 0 aliphatic heterocycles. The fourth-order valence-corrected chi connectivity index (χ4v) is 7.00. The summed E-state index contributed by atoms with van der Waals surface area (Å²) >= 11 is 0. The van der Waals surface area contributed by atoms with E-state index in [1.807, 2.05) is 0 Å². The van der Waals surface area contributed by atoms with Crippen LogP contribution in [-0.2, 0) is 0 Å². The number of nitrogens with zero attached hydrogens (tertiary/aromatic N) is 2. The zero-order chi connectivity index (χ0) is 38.1. The molecule has 0 N–H and O–H groups in total.